The molecular formula is C15H32IN3O2. The van der Waals surface area contributed by atoms with Gasteiger partial charge in [-0.2, -0.15) is 0 Å². The second kappa shape index (κ2) is 13.6. The molecule has 21 heavy (non-hydrogen) atoms. The van der Waals surface area contributed by atoms with E-state index in [0.29, 0.717) is 12.1 Å². The fourth-order valence-corrected chi connectivity index (χ4v) is 2.00. The van der Waals surface area contributed by atoms with Gasteiger partial charge in [0, 0.05) is 39.0 Å². The van der Waals surface area contributed by atoms with Gasteiger partial charge in [-0.05, 0) is 39.5 Å². The summed E-state index contributed by atoms with van der Waals surface area (Å²) in [5, 5.41) is 6.66. The van der Waals surface area contributed by atoms with E-state index in [9.17, 15) is 0 Å². The van der Waals surface area contributed by atoms with Crippen molar-refractivity contribution in [3.8, 4) is 0 Å². The number of aliphatic imine (C=N–C) groups is 1. The normalized spacial score (nSPS) is 18.0. The molecule has 2 N–H and O–H groups in total. The van der Waals surface area contributed by atoms with E-state index in [0.717, 1.165) is 64.6 Å². The van der Waals surface area contributed by atoms with E-state index >= 15 is 0 Å². The van der Waals surface area contributed by atoms with Crippen molar-refractivity contribution < 1.29 is 9.47 Å². The van der Waals surface area contributed by atoms with Gasteiger partial charge in [-0.15, -0.1) is 24.0 Å². The minimum absolute atomic E-state index is 0. The molecule has 0 aromatic rings. The maximum atomic E-state index is 5.84. The molecule has 1 unspecified atom stereocenters. The number of nitrogens with zero attached hydrogens (tertiary/aromatic N) is 1. The van der Waals surface area contributed by atoms with Crippen LogP contribution in [-0.2, 0) is 9.47 Å². The molecule has 0 spiro atoms. The molecule has 0 bridgehead atoms. The average Bonchev–Trinajstić information content (AvgIpc) is 2.48. The number of hydrogen-bond donors (Lipinski definition) is 2. The molecule has 1 atom stereocenters. The van der Waals surface area contributed by atoms with Gasteiger partial charge in [0.25, 0.3) is 0 Å². The fraction of sp³-hybridized carbons (Fsp3) is 0.933. The van der Waals surface area contributed by atoms with Crippen molar-refractivity contribution in [1.82, 2.24) is 10.6 Å². The third-order valence-electron chi connectivity index (χ3n) is 3.43. The third-order valence-corrected chi connectivity index (χ3v) is 3.43. The van der Waals surface area contributed by atoms with Crippen LogP contribution in [-0.4, -0.2) is 51.0 Å². The first-order valence-electron chi connectivity index (χ1n) is 8.00. The first kappa shape index (κ1) is 20.9. The minimum atomic E-state index is 0. The highest BCUT2D eigenvalue weighted by Crippen LogP contribution is 2.10. The van der Waals surface area contributed by atoms with Gasteiger partial charge in [-0.1, -0.05) is 6.92 Å². The Kier molecular flexibility index (Phi) is 13.5. The quantitative estimate of drug-likeness (QED) is 0.278. The number of nitrogens with one attached hydrogen (secondary N) is 2. The van der Waals surface area contributed by atoms with E-state index in [4.69, 9.17) is 9.47 Å². The van der Waals surface area contributed by atoms with E-state index in [2.05, 4.69) is 36.4 Å². The molecular weight excluding hydrogens is 381 g/mol. The minimum Gasteiger partial charge on any atom is -0.381 e. The summed E-state index contributed by atoms with van der Waals surface area (Å²) in [6, 6.07) is 0.450. The number of halogens is 1. The summed E-state index contributed by atoms with van der Waals surface area (Å²) in [4.78, 5) is 4.57. The summed E-state index contributed by atoms with van der Waals surface area (Å²) in [7, 11) is 0. The van der Waals surface area contributed by atoms with Crippen molar-refractivity contribution >= 4 is 29.9 Å². The molecule has 0 aliphatic carbocycles. The number of hydrogen-bond acceptors (Lipinski definition) is 3. The number of ether oxygens (including phenoxy) is 2. The first-order chi connectivity index (χ1) is 9.76. The van der Waals surface area contributed by atoms with Gasteiger partial charge in [0.05, 0.1) is 6.10 Å². The Labute approximate surface area is 146 Å². The molecule has 1 fully saturated rings. The Morgan fingerprint density at radius 3 is 2.67 bits per heavy atom. The van der Waals surface area contributed by atoms with Crippen LogP contribution in [0, 0.1) is 0 Å². The van der Waals surface area contributed by atoms with Crippen LogP contribution < -0.4 is 10.6 Å². The largest absolute Gasteiger partial charge is 0.381 e. The molecule has 1 aliphatic rings. The smallest absolute Gasteiger partial charge is 0.191 e. The van der Waals surface area contributed by atoms with Crippen LogP contribution in [0.1, 0.15) is 46.5 Å². The molecule has 1 heterocycles. The number of rotatable bonds is 8. The van der Waals surface area contributed by atoms with Gasteiger partial charge in [0.1, 0.15) is 0 Å². The van der Waals surface area contributed by atoms with Crippen LogP contribution >= 0.6 is 24.0 Å². The van der Waals surface area contributed by atoms with Crippen LogP contribution in [0.3, 0.4) is 0 Å². The lowest BCUT2D eigenvalue weighted by Crippen LogP contribution is -2.42. The maximum absolute atomic E-state index is 5.84. The van der Waals surface area contributed by atoms with Gasteiger partial charge < -0.3 is 20.1 Å². The maximum Gasteiger partial charge on any atom is 0.191 e. The van der Waals surface area contributed by atoms with E-state index in [1.807, 2.05) is 0 Å². The summed E-state index contributed by atoms with van der Waals surface area (Å²) < 4.78 is 11.2. The molecule has 0 aromatic heterocycles. The predicted octanol–water partition coefficient (Wildman–Crippen LogP) is 2.54. The van der Waals surface area contributed by atoms with Crippen molar-refractivity contribution in [3.05, 3.63) is 0 Å². The van der Waals surface area contributed by atoms with Gasteiger partial charge in [0.2, 0.25) is 0 Å². The lowest BCUT2D eigenvalue weighted by Gasteiger charge is -2.22. The predicted molar refractivity (Wildman–Crippen MR) is 98.7 cm³/mol. The van der Waals surface area contributed by atoms with Crippen LogP contribution in [0.2, 0.25) is 0 Å². The highest BCUT2D eigenvalue weighted by molar-refractivity contribution is 14.0. The molecule has 0 saturated carbocycles. The highest BCUT2D eigenvalue weighted by atomic mass is 127. The van der Waals surface area contributed by atoms with E-state index < -0.39 is 0 Å². The van der Waals surface area contributed by atoms with Crippen molar-refractivity contribution in [2.24, 2.45) is 4.99 Å². The lowest BCUT2D eigenvalue weighted by molar-refractivity contribution is -0.0318. The van der Waals surface area contributed by atoms with E-state index in [1.165, 1.54) is 0 Å². The first-order valence-corrected chi connectivity index (χ1v) is 8.00. The Morgan fingerprint density at radius 1 is 1.33 bits per heavy atom. The zero-order valence-corrected chi connectivity index (χ0v) is 16.0. The monoisotopic (exact) mass is 413 g/mol. The average molecular weight is 413 g/mol. The Morgan fingerprint density at radius 2 is 2.05 bits per heavy atom. The standard InChI is InChI=1S/C15H31N3O2.HI/c1-4-13(3)18-15(16-5-2)17-9-6-10-20-14-7-11-19-12-8-14;/h13-14H,4-12H2,1-3H3,(H2,16,17,18);1H. The Balaban J connectivity index is 0.00000400. The van der Waals surface area contributed by atoms with Crippen molar-refractivity contribution in [2.45, 2.75) is 58.6 Å². The second-order valence-electron chi connectivity index (χ2n) is 5.25. The van der Waals surface area contributed by atoms with Crippen LogP contribution in [0.25, 0.3) is 0 Å². The molecule has 126 valence electrons. The molecule has 1 aliphatic heterocycles. The van der Waals surface area contributed by atoms with Gasteiger partial charge in [0.15, 0.2) is 5.96 Å². The van der Waals surface area contributed by atoms with E-state index in [-0.39, 0.29) is 24.0 Å². The lowest BCUT2D eigenvalue weighted by atomic mass is 10.1. The topological polar surface area (TPSA) is 54.9 Å². The van der Waals surface area contributed by atoms with Crippen molar-refractivity contribution in [1.29, 1.82) is 0 Å². The Hall–Kier alpha value is -0.0800. The zero-order valence-electron chi connectivity index (χ0n) is 13.7. The molecule has 5 nitrogen and oxygen atoms in total. The van der Waals surface area contributed by atoms with Gasteiger partial charge >= 0.3 is 0 Å². The molecule has 0 amide bonds. The SMILES string of the molecule is CCNC(=NCCCOC1CCOCC1)NC(C)CC.I. The van der Waals surface area contributed by atoms with Crippen LogP contribution in [0.5, 0.6) is 0 Å². The van der Waals surface area contributed by atoms with Crippen LogP contribution in [0.4, 0.5) is 0 Å². The number of guanidine groups is 1. The molecule has 0 aromatic carbocycles. The van der Waals surface area contributed by atoms with E-state index in [1.54, 1.807) is 0 Å². The third kappa shape index (κ3) is 10.3. The summed E-state index contributed by atoms with van der Waals surface area (Å²) in [5.74, 6) is 0.910. The van der Waals surface area contributed by atoms with Crippen molar-refractivity contribution in [2.75, 3.05) is 32.9 Å². The second-order valence-corrected chi connectivity index (χ2v) is 5.25. The zero-order chi connectivity index (χ0) is 14.6. The molecule has 1 saturated heterocycles. The summed E-state index contributed by atoms with van der Waals surface area (Å²) in [5.41, 5.74) is 0. The molecule has 0 radical (unpaired) electrons. The molecule has 6 heteroatoms. The van der Waals surface area contributed by atoms with Crippen molar-refractivity contribution in [3.63, 3.8) is 0 Å². The van der Waals surface area contributed by atoms with Crippen LogP contribution in [0.15, 0.2) is 4.99 Å². The van der Waals surface area contributed by atoms with Gasteiger partial charge in [-0.3, -0.25) is 4.99 Å². The molecule has 1 rings (SSSR count). The summed E-state index contributed by atoms with van der Waals surface area (Å²) >= 11 is 0. The fourth-order valence-electron chi connectivity index (χ4n) is 2.00. The Bertz CT molecular complexity index is 272. The highest BCUT2D eigenvalue weighted by Gasteiger charge is 2.13. The summed E-state index contributed by atoms with van der Waals surface area (Å²) in [6.45, 7) is 10.6. The summed E-state index contributed by atoms with van der Waals surface area (Å²) in [6.07, 6.45) is 4.51. The van der Waals surface area contributed by atoms with Gasteiger partial charge in [-0.25, -0.2) is 0 Å².